The number of aliphatic imine (C=N–C) groups is 2. The van der Waals surface area contributed by atoms with Crippen LogP contribution in [0.3, 0.4) is 0 Å². The first-order chi connectivity index (χ1) is 29.0. The Hall–Kier alpha value is -5.06. The SMILES string of the molecule is COC(=O)C[C@H](C(=O)N1CCC[C@H]1C1=NC=C(c2ccc(-c3ccc(C4=CN=C([C@@H]5CCCN5C(=O)C(NC(=O)OC)C(C)C)C4)c4c3C3CCC4CC3)cc2)C1)C(C)C. The quantitative estimate of drug-likeness (QED) is 0.214. The van der Waals surface area contributed by atoms with Crippen LogP contribution in [-0.4, -0.2) is 90.5 Å². The van der Waals surface area contributed by atoms with Crippen LogP contribution >= 0.6 is 0 Å². The lowest BCUT2D eigenvalue weighted by molar-refractivity contribution is -0.148. The molecule has 7 aliphatic rings. The summed E-state index contributed by atoms with van der Waals surface area (Å²) in [5.41, 5.74) is 12.5. The molecule has 3 amide bonds. The monoisotopic (exact) mass is 815 g/mol. The smallest absolute Gasteiger partial charge is 0.407 e. The van der Waals surface area contributed by atoms with Gasteiger partial charge in [-0.15, -0.1) is 0 Å². The van der Waals surface area contributed by atoms with E-state index >= 15 is 0 Å². The summed E-state index contributed by atoms with van der Waals surface area (Å²) in [6, 6.07) is 12.8. The minimum atomic E-state index is -0.651. The second-order valence-corrected chi connectivity index (χ2v) is 18.4. The van der Waals surface area contributed by atoms with Gasteiger partial charge in [-0.2, -0.15) is 0 Å². The van der Waals surface area contributed by atoms with E-state index < -0.39 is 18.1 Å². The highest BCUT2D eigenvalue weighted by atomic mass is 16.5. The number of nitrogens with zero attached hydrogens (tertiary/aromatic N) is 4. The first-order valence-electron chi connectivity index (χ1n) is 22.3. The van der Waals surface area contributed by atoms with Crippen molar-refractivity contribution >= 4 is 46.4 Å². The number of amides is 3. The molecule has 318 valence electrons. The summed E-state index contributed by atoms with van der Waals surface area (Å²) < 4.78 is 9.75. The number of benzene rings is 2. The molecule has 9 rings (SSSR count). The third kappa shape index (κ3) is 7.96. The Bertz CT molecular complexity index is 2140. The van der Waals surface area contributed by atoms with Gasteiger partial charge in [0.1, 0.15) is 6.04 Å². The topological polar surface area (TPSA) is 130 Å². The molecule has 3 aliphatic carbocycles. The molecule has 2 saturated heterocycles. The van der Waals surface area contributed by atoms with Gasteiger partial charge in [-0.25, -0.2) is 4.79 Å². The van der Waals surface area contributed by atoms with E-state index in [0.717, 1.165) is 54.7 Å². The summed E-state index contributed by atoms with van der Waals surface area (Å²) in [5.74, 6) is 0.219. The minimum Gasteiger partial charge on any atom is -0.469 e. The molecule has 4 heterocycles. The fraction of sp³-hybridized carbons (Fsp3) is 0.551. The van der Waals surface area contributed by atoms with Gasteiger partial charge in [-0.05, 0) is 120 Å². The molecule has 0 aromatic heterocycles. The van der Waals surface area contributed by atoms with Crippen molar-refractivity contribution in [1.82, 2.24) is 15.1 Å². The van der Waals surface area contributed by atoms with E-state index in [1.807, 2.05) is 49.9 Å². The van der Waals surface area contributed by atoms with Crippen molar-refractivity contribution in [2.75, 3.05) is 27.3 Å². The van der Waals surface area contributed by atoms with Crippen LogP contribution in [0.1, 0.15) is 132 Å². The zero-order chi connectivity index (χ0) is 42.2. The van der Waals surface area contributed by atoms with Gasteiger partial charge in [-0.1, -0.05) is 64.1 Å². The molecule has 1 N–H and O–H groups in total. The highest BCUT2D eigenvalue weighted by molar-refractivity contribution is 6.05. The predicted molar refractivity (Wildman–Crippen MR) is 234 cm³/mol. The van der Waals surface area contributed by atoms with Crippen LogP contribution in [-0.2, 0) is 23.9 Å². The fourth-order valence-corrected chi connectivity index (χ4v) is 10.9. The molecule has 2 aromatic carbocycles. The highest BCUT2D eigenvalue weighted by Crippen LogP contribution is 2.55. The van der Waals surface area contributed by atoms with E-state index in [9.17, 15) is 19.2 Å². The van der Waals surface area contributed by atoms with Crippen LogP contribution < -0.4 is 5.32 Å². The molecule has 0 radical (unpaired) electrons. The van der Waals surface area contributed by atoms with E-state index in [1.54, 1.807) is 0 Å². The van der Waals surface area contributed by atoms with Gasteiger partial charge in [0.15, 0.2) is 0 Å². The van der Waals surface area contributed by atoms with Gasteiger partial charge in [0.05, 0.1) is 38.6 Å². The van der Waals surface area contributed by atoms with E-state index in [0.29, 0.717) is 31.3 Å². The van der Waals surface area contributed by atoms with Crippen molar-refractivity contribution in [3.05, 3.63) is 71.1 Å². The number of hydrogen-bond acceptors (Lipinski definition) is 8. The largest absolute Gasteiger partial charge is 0.469 e. The summed E-state index contributed by atoms with van der Waals surface area (Å²) in [6.45, 7) is 9.21. The van der Waals surface area contributed by atoms with E-state index in [-0.39, 0.29) is 48.1 Å². The highest BCUT2D eigenvalue weighted by Gasteiger charge is 2.42. The summed E-state index contributed by atoms with van der Waals surface area (Å²) in [5, 5.41) is 2.77. The van der Waals surface area contributed by atoms with Gasteiger partial charge in [0.25, 0.3) is 0 Å². The Balaban J connectivity index is 0.968. The molecule has 11 nitrogen and oxygen atoms in total. The molecule has 4 aliphatic heterocycles. The Morgan fingerprint density at radius 3 is 1.77 bits per heavy atom. The molecule has 60 heavy (non-hydrogen) atoms. The normalized spacial score (nSPS) is 24.2. The molecule has 3 fully saturated rings. The lowest BCUT2D eigenvalue weighted by Gasteiger charge is -2.41. The predicted octanol–water partition coefficient (Wildman–Crippen LogP) is 8.68. The molecule has 11 heteroatoms. The first-order valence-corrected chi connectivity index (χ1v) is 22.3. The van der Waals surface area contributed by atoms with Gasteiger partial charge >= 0.3 is 12.1 Å². The maximum absolute atomic E-state index is 13.8. The lowest BCUT2D eigenvalue weighted by Crippen LogP contribution is -2.53. The van der Waals surface area contributed by atoms with Crippen LogP contribution in [0.4, 0.5) is 4.79 Å². The van der Waals surface area contributed by atoms with Crippen molar-refractivity contribution < 1.29 is 28.7 Å². The number of rotatable bonds is 12. The number of fused-ring (bicyclic) bond motifs is 2. The molecular weight excluding hydrogens is 755 g/mol. The Labute approximate surface area is 354 Å². The fourth-order valence-electron chi connectivity index (χ4n) is 10.9. The number of likely N-dealkylation sites (tertiary alicyclic amines) is 2. The number of carbonyl (C=O) groups excluding carboxylic acids is 4. The maximum Gasteiger partial charge on any atom is 0.407 e. The van der Waals surface area contributed by atoms with Gasteiger partial charge in [0, 0.05) is 49.8 Å². The Morgan fingerprint density at radius 1 is 0.667 bits per heavy atom. The number of alkyl carbamates (subject to hydrolysis) is 1. The van der Waals surface area contributed by atoms with E-state index in [1.165, 1.54) is 73.3 Å². The molecule has 1 unspecified atom stereocenters. The molecular formula is C49H61N5O6. The summed E-state index contributed by atoms with van der Waals surface area (Å²) >= 11 is 0. The standard InChI is InChI=1S/C49H61N5O6/c1-28(2)38(25-43(55)59-5)47(56)53-21-7-9-41(53)39-23-34(26-50-39)30-11-13-31(14-12-30)36-19-20-37(45-33-17-15-32(16-18-33)44(36)45)35-24-40(51-27-35)42-10-8-22-54(42)48(57)46(29(3)4)52-49(58)60-6/h11-14,19-20,26-29,32-33,38,41-42,46H,7-10,15-18,21-25H2,1-6H3,(H,52,58)/t32?,33?,38-,41-,42-,46?/m0/s1. The average molecular weight is 816 g/mol. The first kappa shape index (κ1) is 41.7. The van der Waals surface area contributed by atoms with Crippen LogP contribution in [0, 0.1) is 17.8 Å². The number of allylic oxidation sites excluding steroid dienone is 2. The lowest BCUT2D eigenvalue weighted by atomic mass is 9.63. The third-order valence-corrected chi connectivity index (χ3v) is 14.2. The van der Waals surface area contributed by atoms with E-state index in [4.69, 9.17) is 19.5 Å². The Kier molecular flexibility index (Phi) is 12.2. The van der Waals surface area contributed by atoms with Crippen molar-refractivity contribution in [2.24, 2.45) is 27.7 Å². The van der Waals surface area contributed by atoms with Crippen LogP contribution in [0.25, 0.3) is 22.3 Å². The maximum atomic E-state index is 13.8. The third-order valence-electron chi connectivity index (χ3n) is 14.2. The van der Waals surface area contributed by atoms with Crippen molar-refractivity contribution in [3.8, 4) is 11.1 Å². The second kappa shape index (κ2) is 17.5. The summed E-state index contributed by atoms with van der Waals surface area (Å²) in [6.07, 6.45) is 13.4. The second-order valence-electron chi connectivity index (χ2n) is 18.4. The van der Waals surface area contributed by atoms with Crippen molar-refractivity contribution in [3.63, 3.8) is 0 Å². The molecule has 2 bridgehead atoms. The summed E-state index contributed by atoms with van der Waals surface area (Å²) in [4.78, 5) is 65.6. The van der Waals surface area contributed by atoms with Crippen molar-refractivity contribution in [2.45, 2.75) is 128 Å². The average Bonchev–Trinajstić information content (AvgIpc) is 4.11. The molecule has 2 aromatic rings. The molecule has 4 atom stereocenters. The van der Waals surface area contributed by atoms with Crippen LogP contribution in [0.15, 0.2) is 58.8 Å². The number of carbonyl (C=O) groups is 4. The van der Waals surface area contributed by atoms with Crippen molar-refractivity contribution in [1.29, 1.82) is 0 Å². The summed E-state index contributed by atoms with van der Waals surface area (Å²) in [7, 11) is 2.69. The number of nitrogens with one attached hydrogen (secondary N) is 1. The molecule has 0 spiro atoms. The Morgan fingerprint density at radius 2 is 1.20 bits per heavy atom. The number of ether oxygens (including phenoxy) is 2. The number of methoxy groups -OCH3 is 2. The van der Waals surface area contributed by atoms with Gasteiger partial charge in [-0.3, -0.25) is 24.4 Å². The molecule has 1 saturated carbocycles. The zero-order valence-corrected chi connectivity index (χ0v) is 36.2. The van der Waals surface area contributed by atoms with Gasteiger partial charge < -0.3 is 24.6 Å². The number of hydrogen-bond donors (Lipinski definition) is 1. The minimum absolute atomic E-state index is 0.0252. The number of esters is 1. The van der Waals surface area contributed by atoms with Crippen LogP contribution in [0.5, 0.6) is 0 Å². The van der Waals surface area contributed by atoms with Crippen LogP contribution in [0.2, 0.25) is 0 Å². The van der Waals surface area contributed by atoms with Gasteiger partial charge in [0.2, 0.25) is 11.8 Å². The zero-order valence-electron chi connectivity index (χ0n) is 36.2. The van der Waals surface area contributed by atoms with E-state index in [2.05, 4.69) is 41.7 Å².